The highest BCUT2D eigenvalue weighted by Gasteiger charge is 2.73. The van der Waals surface area contributed by atoms with Gasteiger partial charge in [-0.05, 0) is 70.4 Å². The average Bonchev–Trinajstić information content (AvgIpc) is 3.10. The van der Waals surface area contributed by atoms with Crippen LogP contribution in [-0.4, -0.2) is 131 Å². The van der Waals surface area contributed by atoms with Gasteiger partial charge in [0.05, 0.1) is 23.3 Å². The number of amides is 3. The molecule has 7 fully saturated rings. The van der Waals surface area contributed by atoms with Gasteiger partial charge in [-0.1, -0.05) is 0 Å². The smallest absolute Gasteiger partial charge is 0.261 e. The maximum Gasteiger partial charge on any atom is 0.261 e. The minimum absolute atomic E-state index is 0.0252. The molecule has 4 aliphatic heterocycles. The lowest BCUT2D eigenvalue weighted by Crippen LogP contribution is -2.80. The van der Waals surface area contributed by atoms with Crippen LogP contribution in [-0.2, 0) is 24.9 Å². The van der Waals surface area contributed by atoms with Crippen LogP contribution in [0.15, 0.2) is 16.9 Å². The highest BCUT2D eigenvalue weighted by molar-refractivity contribution is 7.99. The van der Waals surface area contributed by atoms with Crippen molar-refractivity contribution < 1.29 is 28.2 Å². The van der Waals surface area contributed by atoms with Gasteiger partial charge in [0.15, 0.2) is 0 Å². The Bertz CT molecular complexity index is 1720. The summed E-state index contributed by atoms with van der Waals surface area (Å²) in [7, 11) is 0. The predicted molar refractivity (Wildman–Crippen MR) is 193 cm³/mol. The molecule has 3 amide bonds. The molecular weight excluding hydrogens is 690 g/mol. The largest absolute Gasteiger partial charge is 0.493 e. The minimum atomic E-state index is -0.608. The molecule has 3 N–H and O–H groups in total. The Morgan fingerprint density at radius 3 is 2.40 bits per heavy atom. The summed E-state index contributed by atoms with van der Waals surface area (Å²) in [6.07, 6.45) is 7.25. The molecule has 13 nitrogen and oxygen atoms in total. The van der Waals surface area contributed by atoms with Crippen LogP contribution in [0.2, 0.25) is 0 Å². The molecule has 0 radical (unpaired) electrons. The average molecular weight is 740 g/mol. The van der Waals surface area contributed by atoms with Crippen molar-refractivity contribution in [2.24, 2.45) is 11.3 Å². The third-order valence-electron chi connectivity index (χ3n) is 12.4. The van der Waals surface area contributed by atoms with E-state index in [1.165, 1.54) is 6.07 Å². The summed E-state index contributed by atoms with van der Waals surface area (Å²) in [5.41, 5.74) is -0.325. The second-order valence-corrected chi connectivity index (χ2v) is 17.2. The number of aromatic amines is 1. The van der Waals surface area contributed by atoms with E-state index in [2.05, 4.69) is 35.3 Å². The van der Waals surface area contributed by atoms with Crippen molar-refractivity contribution in [1.82, 2.24) is 35.3 Å². The predicted octanol–water partition coefficient (Wildman–Crippen LogP) is 2.03. The summed E-state index contributed by atoms with van der Waals surface area (Å²) >= 11 is 1.75. The van der Waals surface area contributed by atoms with Crippen LogP contribution in [0.25, 0.3) is 10.9 Å². The SMILES string of the molecule is O=C1CCC(NC(=O)C23CC(N4CCN(CCN5CCC(COc6cc(F)c7c(=O)[nH]c(CSC8CCOCC8)nc7c6)CC5)CC4)(C2)C3)C(=O)N1. The molecule has 1 atom stereocenters. The molecular formula is C37H50FN7O6S. The van der Waals surface area contributed by atoms with Crippen LogP contribution in [0.3, 0.4) is 0 Å². The van der Waals surface area contributed by atoms with Gasteiger partial charge in [0.1, 0.15) is 28.8 Å². The number of halogens is 1. The van der Waals surface area contributed by atoms with E-state index in [-0.39, 0.29) is 34.6 Å². The van der Waals surface area contributed by atoms with Gasteiger partial charge in [-0.25, -0.2) is 9.37 Å². The molecule has 2 bridgehead atoms. The van der Waals surface area contributed by atoms with E-state index in [1.807, 2.05) is 0 Å². The number of piperidine rings is 2. The van der Waals surface area contributed by atoms with E-state index < -0.39 is 23.3 Å². The number of imide groups is 1. The number of nitrogens with zero attached hydrogens (tertiary/aromatic N) is 4. The number of fused-ring (bicyclic) bond motifs is 1. The zero-order valence-electron chi connectivity index (χ0n) is 29.8. The third kappa shape index (κ3) is 7.48. The van der Waals surface area contributed by atoms with Crippen molar-refractivity contribution in [2.45, 2.75) is 80.4 Å². The number of benzene rings is 1. The second-order valence-electron chi connectivity index (χ2n) is 15.9. The summed E-state index contributed by atoms with van der Waals surface area (Å²) in [5.74, 6) is 0.626. The van der Waals surface area contributed by atoms with Crippen molar-refractivity contribution in [3.63, 3.8) is 0 Å². The molecule has 52 heavy (non-hydrogen) atoms. The zero-order valence-corrected chi connectivity index (χ0v) is 30.6. The Morgan fingerprint density at radius 2 is 1.69 bits per heavy atom. The molecule has 7 aliphatic rings. The van der Waals surface area contributed by atoms with Gasteiger partial charge >= 0.3 is 0 Å². The molecule has 15 heteroatoms. The van der Waals surface area contributed by atoms with E-state index in [4.69, 9.17) is 9.47 Å². The highest BCUT2D eigenvalue weighted by atomic mass is 32.2. The molecule has 3 aliphatic carbocycles. The monoisotopic (exact) mass is 739 g/mol. The molecule has 9 rings (SSSR count). The standard InChI is InChI=1S/C37H50FN7O6S/c38-27-17-25(18-29-32(27)34(48)41-30(39-29)20-52-26-5-15-50-16-6-26)51-19-24-3-7-43(8-4-24)9-10-44-11-13-45(14-12-44)37-21-36(22-37,23-37)35(49)40-28-1-2-31(46)42-33(28)47/h17-18,24,26,28H,1-16,19-23H2,(H,40,49)(H,39,41,48)(H,42,46,47). The second kappa shape index (κ2) is 15.0. The molecule has 5 heterocycles. The lowest BCUT2D eigenvalue weighted by Gasteiger charge is -2.73. The lowest BCUT2D eigenvalue weighted by molar-refractivity contribution is -0.224. The summed E-state index contributed by atoms with van der Waals surface area (Å²) in [6, 6.07) is 2.40. The fourth-order valence-electron chi connectivity index (χ4n) is 9.21. The maximum atomic E-state index is 15.0. The van der Waals surface area contributed by atoms with Gasteiger partial charge in [0.2, 0.25) is 17.7 Å². The van der Waals surface area contributed by atoms with Crippen molar-refractivity contribution >= 4 is 40.4 Å². The van der Waals surface area contributed by atoms with Gasteiger partial charge in [0.25, 0.3) is 5.56 Å². The Kier molecular flexibility index (Phi) is 10.3. The number of H-pyrrole nitrogens is 1. The van der Waals surface area contributed by atoms with Crippen molar-refractivity contribution in [1.29, 1.82) is 0 Å². The lowest BCUT2D eigenvalue weighted by atomic mass is 9.38. The Morgan fingerprint density at radius 1 is 0.981 bits per heavy atom. The van der Waals surface area contributed by atoms with Crippen molar-refractivity contribution in [2.75, 3.05) is 72.2 Å². The fraction of sp³-hybridized carbons (Fsp3) is 0.703. The number of hydrogen-bond donors (Lipinski definition) is 3. The van der Waals surface area contributed by atoms with E-state index in [0.717, 1.165) is 111 Å². The fourth-order valence-corrected chi connectivity index (χ4v) is 10.3. The topological polar surface area (TPSA) is 149 Å². The Labute approximate surface area is 307 Å². The van der Waals surface area contributed by atoms with Crippen LogP contribution < -0.4 is 20.9 Å². The van der Waals surface area contributed by atoms with Crippen LogP contribution in [0.5, 0.6) is 5.75 Å². The number of ether oxygens (including phenoxy) is 2. The number of carbonyl (C=O) groups is 3. The van der Waals surface area contributed by atoms with Crippen LogP contribution in [0.1, 0.15) is 63.6 Å². The number of rotatable bonds is 12. The molecule has 4 saturated heterocycles. The first kappa shape index (κ1) is 35.9. The van der Waals surface area contributed by atoms with Gasteiger partial charge in [-0.15, -0.1) is 0 Å². The molecule has 1 unspecified atom stereocenters. The molecule has 282 valence electrons. The number of thioether (sulfide) groups is 1. The minimum Gasteiger partial charge on any atom is -0.493 e. The molecule has 1 aromatic carbocycles. The molecule has 1 aromatic heterocycles. The van der Waals surface area contributed by atoms with Crippen LogP contribution in [0.4, 0.5) is 4.39 Å². The highest BCUT2D eigenvalue weighted by Crippen LogP contribution is 2.70. The van der Waals surface area contributed by atoms with Gasteiger partial charge in [-0.3, -0.25) is 34.3 Å². The summed E-state index contributed by atoms with van der Waals surface area (Å²) < 4.78 is 26.5. The molecule has 0 spiro atoms. The molecule has 3 saturated carbocycles. The normalized spacial score (nSPS) is 29.4. The van der Waals surface area contributed by atoms with Gasteiger partial charge in [0, 0.05) is 81.8 Å². The maximum absolute atomic E-state index is 15.0. The van der Waals surface area contributed by atoms with E-state index in [9.17, 15) is 19.2 Å². The number of aromatic nitrogens is 2. The van der Waals surface area contributed by atoms with E-state index in [1.54, 1.807) is 17.8 Å². The van der Waals surface area contributed by atoms with Crippen molar-refractivity contribution in [3.8, 4) is 5.75 Å². The number of nitrogens with one attached hydrogen (secondary N) is 3. The van der Waals surface area contributed by atoms with Gasteiger partial charge in [-0.2, -0.15) is 11.8 Å². The van der Waals surface area contributed by atoms with E-state index >= 15 is 4.39 Å². The Hall–Kier alpha value is -3.11. The third-order valence-corrected chi connectivity index (χ3v) is 13.8. The van der Waals surface area contributed by atoms with Crippen LogP contribution in [0, 0.1) is 17.2 Å². The first-order valence-electron chi connectivity index (χ1n) is 19.1. The quantitative estimate of drug-likeness (QED) is 0.275. The van der Waals surface area contributed by atoms with E-state index in [0.29, 0.717) is 47.0 Å². The number of carbonyl (C=O) groups excluding carboxylic acids is 3. The number of likely N-dealkylation sites (tertiary alicyclic amines) is 1. The first-order valence-corrected chi connectivity index (χ1v) is 20.1. The first-order chi connectivity index (χ1) is 25.2. The van der Waals surface area contributed by atoms with Crippen molar-refractivity contribution in [3.05, 3.63) is 34.1 Å². The zero-order chi connectivity index (χ0) is 35.9. The van der Waals surface area contributed by atoms with Crippen LogP contribution >= 0.6 is 11.8 Å². The number of piperazine rings is 1. The summed E-state index contributed by atoms with van der Waals surface area (Å²) in [5, 5.41) is 5.68. The van der Waals surface area contributed by atoms with Gasteiger partial charge < -0.3 is 24.7 Å². The Balaban J connectivity index is 0.731. The molecule has 2 aromatic rings. The summed E-state index contributed by atoms with van der Waals surface area (Å²) in [6.45, 7) is 10.2. The number of hydrogen-bond acceptors (Lipinski definition) is 11. The summed E-state index contributed by atoms with van der Waals surface area (Å²) in [4.78, 5) is 64.2.